The lowest BCUT2D eigenvalue weighted by Gasteiger charge is -2.29. The third kappa shape index (κ3) is 6.49. The van der Waals surface area contributed by atoms with Gasteiger partial charge in [-0.25, -0.2) is 0 Å². The number of ether oxygens (including phenoxy) is 1. The highest BCUT2D eigenvalue weighted by Gasteiger charge is 2.20. The number of nitrogens with one attached hydrogen (secondary N) is 1. The van der Waals surface area contributed by atoms with E-state index in [0.717, 1.165) is 19.6 Å². The van der Waals surface area contributed by atoms with Crippen molar-refractivity contribution in [2.24, 2.45) is 11.3 Å². The van der Waals surface area contributed by atoms with Crippen LogP contribution >= 0.6 is 0 Å². The Morgan fingerprint density at radius 3 is 2.06 bits per heavy atom. The van der Waals surface area contributed by atoms with Crippen LogP contribution < -0.4 is 5.32 Å². The van der Waals surface area contributed by atoms with Gasteiger partial charge in [0.15, 0.2) is 0 Å². The molecule has 2 heteroatoms. The van der Waals surface area contributed by atoms with Crippen molar-refractivity contribution < 1.29 is 4.74 Å². The van der Waals surface area contributed by atoms with Gasteiger partial charge in [0.25, 0.3) is 0 Å². The predicted octanol–water partition coefficient (Wildman–Crippen LogP) is 3.46. The minimum atomic E-state index is 0.332. The molecule has 0 saturated carbocycles. The van der Waals surface area contributed by atoms with Crippen LogP contribution in [0.25, 0.3) is 0 Å². The largest absolute Gasteiger partial charge is 0.378 e. The maximum absolute atomic E-state index is 5.73. The van der Waals surface area contributed by atoms with Gasteiger partial charge in [0.05, 0.1) is 6.10 Å². The average Bonchev–Trinajstić information content (AvgIpc) is 2.14. The summed E-state index contributed by atoms with van der Waals surface area (Å²) < 4.78 is 5.73. The second-order valence-corrected chi connectivity index (χ2v) is 6.07. The zero-order valence-corrected chi connectivity index (χ0v) is 12.3. The Kier molecular flexibility index (Phi) is 7.25. The van der Waals surface area contributed by atoms with Crippen molar-refractivity contribution in [1.29, 1.82) is 0 Å². The van der Waals surface area contributed by atoms with E-state index in [-0.39, 0.29) is 0 Å². The molecule has 0 aliphatic rings. The molecular formula is C14H31NO. The highest BCUT2D eigenvalue weighted by molar-refractivity contribution is 4.76. The molecule has 2 atom stereocenters. The molecule has 0 aromatic heterocycles. The third-order valence-electron chi connectivity index (χ3n) is 3.30. The second kappa shape index (κ2) is 7.29. The van der Waals surface area contributed by atoms with Crippen LogP contribution in [-0.4, -0.2) is 25.3 Å². The molecule has 0 aromatic carbocycles. The lowest BCUT2D eigenvalue weighted by molar-refractivity contribution is 0.0240. The maximum Gasteiger partial charge on any atom is 0.0609 e. The van der Waals surface area contributed by atoms with E-state index in [1.54, 1.807) is 0 Å². The Hall–Kier alpha value is -0.0800. The monoisotopic (exact) mass is 229 g/mol. The van der Waals surface area contributed by atoms with E-state index < -0.39 is 0 Å². The molecule has 0 aliphatic carbocycles. The van der Waals surface area contributed by atoms with Crippen molar-refractivity contribution in [3.63, 3.8) is 0 Å². The Bertz CT molecular complexity index is 172. The van der Waals surface area contributed by atoms with Crippen LogP contribution in [0.5, 0.6) is 0 Å². The van der Waals surface area contributed by atoms with Crippen molar-refractivity contribution in [2.75, 3.05) is 13.2 Å². The molecule has 0 heterocycles. The van der Waals surface area contributed by atoms with Gasteiger partial charge in [-0.3, -0.25) is 0 Å². The van der Waals surface area contributed by atoms with Crippen molar-refractivity contribution in [2.45, 2.75) is 67.0 Å². The van der Waals surface area contributed by atoms with E-state index >= 15 is 0 Å². The van der Waals surface area contributed by atoms with Gasteiger partial charge in [0.2, 0.25) is 0 Å². The number of hydrogen-bond acceptors (Lipinski definition) is 2. The summed E-state index contributed by atoms with van der Waals surface area (Å²) in [4.78, 5) is 0. The predicted molar refractivity (Wildman–Crippen MR) is 71.8 cm³/mol. The molecule has 0 saturated heterocycles. The molecule has 0 spiro atoms. The van der Waals surface area contributed by atoms with Crippen molar-refractivity contribution in [3.05, 3.63) is 0 Å². The first kappa shape index (κ1) is 15.9. The van der Waals surface area contributed by atoms with Crippen LogP contribution in [0, 0.1) is 11.3 Å². The fourth-order valence-corrected chi connectivity index (χ4v) is 1.57. The Labute approximate surface area is 102 Å². The molecule has 0 radical (unpaired) electrons. The topological polar surface area (TPSA) is 21.3 Å². The summed E-state index contributed by atoms with van der Waals surface area (Å²) in [5, 5.41) is 3.59. The molecule has 0 amide bonds. The lowest BCUT2D eigenvalue weighted by atomic mass is 9.88. The Morgan fingerprint density at radius 1 is 1.12 bits per heavy atom. The summed E-state index contributed by atoms with van der Waals surface area (Å²) in [7, 11) is 0. The molecule has 1 N–H and O–H groups in total. The van der Waals surface area contributed by atoms with Crippen LogP contribution in [0.4, 0.5) is 0 Å². The van der Waals surface area contributed by atoms with Crippen LogP contribution in [-0.2, 0) is 4.74 Å². The lowest BCUT2D eigenvalue weighted by Crippen LogP contribution is -2.39. The van der Waals surface area contributed by atoms with E-state index in [9.17, 15) is 0 Å². The first-order chi connectivity index (χ1) is 7.29. The summed E-state index contributed by atoms with van der Waals surface area (Å²) in [6, 6.07) is 0.543. The highest BCUT2D eigenvalue weighted by atomic mass is 16.5. The minimum absolute atomic E-state index is 0.332. The van der Waals surface area contributed by atoms with Crippen LogP contribution in [0.15, 0.2) is 0 Å². The summed E-state index contributed by atoms with van der Waals surface area (Å²) in [6.45, 7) is 17.5. The fourth-order valence-electron chi connectivity index (χ4n) is 1.57. The first-order valence-electron chi connectivity index (χ1n) is 6.64. The normalized spacial score (nSPS) is 16.5. The van der Waals surface area contributed by atoms with Gasteiger partial charge in [-0.05, 0) is 38.1 Å². The minimum Gasteiger partial charge on any atom is -0.378 e. The second-order valence-electron chi connectivity index (χ2n) is 6.07. The smallest absolute Gasteiger partial charge is 0.0609 e. The number of rotatable bonds is 7. The molecule has 2 nitrogen and oxygen atoms in total. The summed E-state index contributed by atoms with van der Waals surface area (Å²) in [5.41, 5.74) is 0.332. The van der Waals surface area contributed by atoms with Gasteiger partial charge in [-0.15, -0.1) is 0 Å². The van der Waals surface area contributed by atoms with Crippen LogP contribution in [0.3, 0.4) is 0 Å². The zero-order chi connectivity index (χ0) is 12.8. The molecule has 0 aliphatic heterocycles. The van der Waals surface area contributed by atoms with Gasteiger partial charge >= 0.3 is 0 Å². The molecule has 0 rings (SSSR count). The van der Waals surface area contributed by atoms with Crippen molar-refractivity contribution in [3.8, 4) is 0 Å². The average molecular weight is 229 g/mol. The van der Waals surface area contributed by atoms with Gasteiger partial charge in [0, 0.05) is 12.6 Å². The standard InChI is InChI=1S/C14H31NO/c1-8-16-13(11(2)3)9-10-15-12(4)14(5,6)7/h11-13,15H,8-10H2,1-7H3. The summed E-state index contributed by atoms with van der Waals surface area (Å²) >= 11 is 0. The zero-order valence-electron chi connectivity index (χ0n) is 12.3. The van der Waals surface area contributed by atoms with Gasteiger partial charge in [-0.1, -0.05) is 34.6 Å². The molecule has 0 fully saturated rings. The Balaban J connectivity index is 3.86. The van der Waals surface area contributed by atoms with Gasteiger partial charge < -0.3 is 10.1 Å². The van der Waals surface area contributed by atoms with Crippen LogP contribution in [0.2, 0.25) is 0 Å². The summed E-state index contributed by atoms with van der Waals surface area (Å²) in [5.74, 6) is 0.603. The molecule has 16 heavy (non-hydrogen) atoms. The van der Waals surface area contributed by atoms with E-state index in [1.807, 2.05) is 0 Å². The van der Waals surface area contributed by atoms with Crippen molar-refractivity contribution >= 4 is 0 Å². The molecule has 2 unspecified atom stereocenters. The quantitative estimate of drug-likeness (QED) is 0.722. The van der Waals surface area contributed by atoms with E-state index in [4.69, 9.17) is 4.74 Å². The number of hydrogen-bond donors (Lipinski definition) is 1. The highest BCUT2D eigenvalue weighted by Crippen LogP contribution is 2.18. The van der Waals surface area contributed by atoms with Gasteiger partial charge in [0.1, 0.15) is 0 Å². The van der Waals surface area contributed by atoms with Gasteiger partial charge in [-0.2, -0.15) is 0 Å². The van der Waals surface area contributed by atoms with Crippen LogP contribution in [0.1, 0.15) is 54.9 Å². The van der Waals surface area contributed by atoms with Crippen molar-refractivity contribution in [1.82, 2.24) is 5.32 Å². The maximum atomic E-state index is 5.73. The third-order valence-corrected chi connectivity index (χ3v) is 3.30. The first-order valence-corrected chi connectivity index (χ1v) is 6.64. The van der Waals surface area contributed by atoms with E-state index in [1.165, 1.54) is 0 Å². The molecule has 0 aromatic rings. The summed E-state index contributed by atoms with van der Waals surface area (Å²) in [6.07, 6.45) is 1.50. The molecule has 98 valence electrons. The molecule has 0 bridgehead atoms. The molecular weight excluding hydrogens is 198 g/mol. The van der Waals surface area contributed by atoms with E-state index in [0.29, 0.717) is 23.5 Å². The SMILES string of the molecule is CCOC(CCNC(C)C(C)(C)C)C(C)C. The fraction of sp³-hybridized carbons (Fsp3) is 1.00. The Morgan fingerprint density at radius 2 is 1.69 bits per heavy atom. The van der Waals surface area contributed by atoms with E-state index in [2.05, 4.69) is 53.8 Å².